The molecule has 0 spiro atoms. The molecule has 0 radical (unpaired) electrons. The van der Waals surface area contributed by atoms with Crippen LogP contribution in [0.25, 0.3) is 22.4 Å². The SMILES string of the molecule is Cc1ccc(S(=O)(=O)N2NC(c3ccccc3)=C(n3nnc4ccccc43)CC2=O)cc1. The molecule has 5 rings (SSSR count). The fraction of sp³-hybridized carbons (Fsp3) is 0.0870. The van der Waals surface area contributed by atoms with E-state index in [0.717, 1.165) is 16.6 Å². The summed E-state index contributed by atoms with van der Waals surface area (Å²) in [7, 11) is -4.11. The van der Waals surface area contributed by atoms with Gasteiger partial charge in [-0.3, -0.25) is 10.2 Å². The highest BCUT2D eigenvalue weighted by Crippen LogP contribution is 2.31. The fourth-order valence-electron chi connectivity index (χ4n) is 3.63. The first-order valence-electron chi connectivity index (χ1n) is 9.96. The van der Waals surface area contributed by atoms with Gasteiger partial charge in [0.15, 0.2) is 0 Å². The summed E-state index contributed by atoms with van der Waals surface area (Å²) in [6.07, 6.45) is -0.171. The van der Waals surface area contributed by atoms with Gasteiger partial charge in [-0.1, -0.05) is 65.4 Å². The summed E-state index contributed by atoms with van der Waals surface area (Å²) >= 11 is 0. The molecule has 0 saturated carbocycles. The standard InChI is InChI=1S/C23H19N5O3S/c1-16-11-13-18(14-12-16)32(30,31)28-22(29)15-21(23(25-28)17-7-3-2-4-8-17)27-20-10-6-5-9-19(20)24-26-27/h2-14,25H,15H2,1H3. The van der Waals surface area contributed by atoms with Gasteiger partial charge in [-0.25, -0.2) is 4.68 Å². The zero-order chi connectivity index (χ0) is 22.3. The molecule has 0 unspecified atom stereocenters. The normalized spacial score (nSPS) is 14.7. The maximum absolute atomic E-state index is 13.3. The average Bonchev–Trinajstić information content (AvgIpc) is 3.24. The van der Waals surface area contributed by atoms with Gasteiger partial charge in [-0.2, -0.15) is 8.42 Å². The van der Waals surface area contributed by atoms with E-state index in [1.165, 1.54) is 12.1 Å². The van der Waals surface area contributed by atoms with Crippen molar-refractivity contribution in [2.45, 2.75) is 18.2 Å². The van der Waals surface area contributed by atoms with Crippen LogP contribution in [0.4, 0.5) is 0 Å². The molecule has 0 bridgehead atoms. The smallest absolute Gasteiger partial charge is 0.279 e. The second-order valence-electron chi connectivity index (χ2n) is 7.44. The number of fused-ring (bicyclic) bond motifs is 1. The van der Waals surface area contributed by atoms with Gasteiger partial charge in [0.2, 0.25) is 0 Å². The molecule has 160 valence electrons. The molecule has 1 aromatic heterocycles. The number of aryl methyl sites for hydroxylation is 1. The number of nitrogens with zero attached hydrogens (tertiary/aromatic N) is 4. The van der Waals surface area contributed by atoms with Crippen LogP contribution in [0.3, 0.4) is 0 Å². The Hall–Kier alpha value is -3.98. The molecule has 8 nitrogen and oxygen atoms in total. The first-order valence-corrected chi connectivity index (χ1v) is 11.4. The Labute approximate surface area is 184 Å². The van der Waals surface area contributed by atoms with Crippen molar-refractivity contribution in [3.05, 3.63) is 90.0 Å². The van der Waals surface area contributed by atoms with E-state index in [4.69, 9.17) is 0 Å². The van der Waals surface area contributed by atoms with E-state index in [1.54, 1.807) is 16.8 Å². The van der Waals surface area contributed by atoms with E-state index >= 15 is 0 Å². The minimum atomic E-state index is -4.11. The van der Waals surface area contributed by atoms with Gasteiger partial charge >= 0.3 is 0 Å². The van der Waals surface area contributed by atoms with Crippen LogP contribution in [0.1, 0.15) is 17.5 Å². The lowest BCUT2D eigenvalue weighted by Gasteiger charge is -2.31. The number of carbonyl (C=O) groups excluding carboxylic acids is 1. The van der Waals surface area contributed by atoms with E-state index in [-0.39, 0.29) is 11.3 Å². The Kier molecular flexibility index (Phi) is 4.75. The lowest BCUT2D eigenvalue weighted by atomic mass is 10.1. The zero-order valence-electron chi connectivity index (χ0n) is 17.1. The number of hydrazine groups is 1. The van der Waals surface area contributed by atoms with Gasteiger partial charge in [0.25, 0.3) is 15.9 Å². The summed E-state index contributed by atoms with van der Waals surface area (Å²) in [6.45, 7) is 1.87. The fourth-order valence-corrected chi connectivity index (χ4v) is 4.86. The lowest BCUT2D eigenvalue weighted by Crippen LogP contribution is -2.49. The van der Waals surface area contributed by atoms with E-state index in [2.05, 4.69) is 15.7 Å². The summed E-state index contributed by atoms with van der Waals surface area (Å²) in [5.74, 6) is -0.611. The molecule has 3 aromatic carbocycles. The number of para-hydroxylation sites is 1. The zero-order valence-corrected chi connectivity index (χ0v) is 18.0. The molecule has 9 heteroatoms. The van der Waals surface area contributed by atoms with Gasteiger partial charge in [-0.05, 0) is 31.2 Å². The van der Waals surface area contributed by atoms with Gasteiger partial charge in [0, 0.05) is 5.56 Å². The van der Waals surface area contributed by atoms with Crippen LogP contribution in [-0.4, -0.2) is 33.7 Å². The van der Waals surface area contributed by atoms with Gasteiger partial charge < -0.3 is 0 Å². The summed E-state index contributed by atoms with van der Waals surface area (Å²) in [4.78, 5) is 13.1. The molecule has 1 amide bonds. The minimum absolute atomic E-state index is 0.0333. The molecule has 0 aliphatic carbocycles. The molecule has 0 fully saturated rings. The van der Waals surface area contributed by atoms with Crippen LogP contribution in [0, 0.1) is 6.92 Å². The second-order valence-corrected chi connectivity index (χ2v) is 9.23. The summed E-state index contributed by atoms with van der Waals surface area (Å²) in [5.41, 5.74) is 6.89. The predicted molar refractivity (Wildman–Crippen MR) is 120 cm³/mol. The minimum Gasteiger partial charge on any atom is -0.279 e. The summed E-state index contributed by atoms with van der Waals surface area (Å²) in [6, 6.07) is 23.0. The van der Waals surface area contributed by atoms with E-state index in [0.29, 0.717) is 21.3 Å². The van der Waals surface area contributed by atoms with Crippen molar-refractivity contribution in [3.8, 4) is 0 Å². The van der Waals surface area contributed by atoms with Crippen LogP contribution >= 0.6 is 0 Å². The molecule has 1 N–H and O–H groups in total. The third-order valence-electron chi connectivity index (χ3n) is 5.28. The molecule has 2 heterocycles. The van der Waals surface area contributed by atoms with Crippen LogP contribution in [0.5, 0.6) is 0 Å². The van der Waals surface area contributed by atoms with Gasteiger partial charge in [0.1, 0.15) is 5.52 Å². The highest BCUT2D eigenvalue weighted by atomic mass is 32.2. The molecule has 0 saturated heterocycles. The Balaban J connectivity index is 1.66. The van der Waals surface area contributed by atoms with Crippen LogP contribution in [-0.2, 0) is 14.8 Å². The number of rotatable bonds is 4. The topological polar surface area (TPSA) is 97.2 Å². The van der Waals surface area contributed by atoms with E-state index in [9.17, 15) is 13.2 Å². The summed E-state index contributed by atoms with van der Waals surface area (Å²) < 4.78 is 28.8. The van der Waals surface area contributed by atoms with Crippen molar-refractivity contribution in [1.82, 2.24) is 24.8 Å². The average molecular weight is 446 g/mol. The monoisotopic (exact) mass is 445 g/mol. The van der Waals surface area contributed by atoms with Crippen molar-refractivity contribution in [3.63, 3.8) is 0 Å². The molecular weight excluding hydrogens is 426 g/mol. The van der Waals surface area contributed by atoms with Crippen LogP contribution in [0.15, 0.2) is 83.8 Å². The maximum Gasteiger partial charge on any atom is 0.284 e. The van der Waals surface area contributed by atoms with Gasteiger partial charge in [-0.15, -0.1) is 9.51 Å². The Morgan fingerprint density at radius 2 is 1.59 bits per heavy atom. The number of benzene rings is 3. The number of hydrogen-bond acceptors (Lipinski definition) is 6. The quantitative estimate of drug-likeness (QED) is 0.518. The number of amides is 1. The van der Waals surface area contributed by atoms with Crippen LogP contribution < -0.4 is 5.43 Å². The van der Waals surface area contributed by atoms with E-state index in [1.807, 2.05) is 61.5 Å². The highest BCUT2D eigenvalue weighted by molar-refractivity contribution is 7.89. The third kappa shape index (κ3) is 3.32. The number of nitrogens with one attached hydrogen (secondary N) is 1. The molecular formula is C23H19N5O3S. The maximum atomic E-state index is 13.3. The summed E-state index contributed by atoms with van der Waals surface area (Å²) in [5, 5.41) is 8.41. The molecule has 1 aliphatic rings. The van der Waals surface area contributed by atoms with Crippen molar-refractivity contribution in [1.29, 1.82) is 0 Å². The number of aromatic nitrogens is 3. The number of sulfonamides is 1. The Morgan fingerprint density at radius 3 is 2.34 bits per heavy atom. The first-order chi connectivity index (χ1) is 15.4. The van der Waals surface area contributed by atoms with Crippen molar-refractivity contribution in [2.75, 3.05) is 0 Å². The largest absolute Gasteiger partial charge is 0.284 e. The third-order valence-corrected chi connectivity index (χ3v) is 6.92. The van der Waals surface area contributed by atoms with Crippen molar-refractivity contribution < 1.29 is 13.2 Å². The van der Waals surface area contributed by atoms with Crippen molar-refractivity contribution >= 4 is 38.4 Å². The second kappa shape index (κ2) is 7.61. The molecule has 32 heavy (non-hydrogen) atoms. The molecule has 1 aliphatic heterocycles. The molecule has 4 aromatic rings. The first kappa shape index (κ1) is 20.0. The van der Waals surface area contributed by atoms with Crippen LogP contribution in [0.2, 0.25) is 0 Å². The lowest BCUT2D eigenvalue weighted by molar-refractivity contribution is -0.127. The van der Waals surface area contributed by atoms with Gasteiger partial charge in [0.05, 0.1) is 28.2 Å². The molecule has 0 atom stereocenters. The Bertz CT molecular complexity index is 1460. The number of carbonyl (C=O) groups is 1. The Morgan fingerprint density at radius 1 is 0.906 bits per heavy atom. The predicted octanol–water partition coefficient (Wildman–Crippen LogP) is 3.19. The van der Waals surface area contributed by atoms with Crippen molar-refractivity contribution in [2.24, 2.45) is 0 Å². The highest BCUT2D eigenvalue weighted by Gasteiger charge is 2.36. The number of hydrogen-bond donors (Lipinski definition) is 1. The van der Waals surface area contributed by atoms with E-state index < -0.39 is 15.9 Å².